The summed E-state index contributed by atoms with van der Waals surface area (Å²) >= 11 is 0. The van der Waals surface area contributed by atoms with Crippen LogP contribution in [0.2, 0.25) is 0 Å². The Labute approximate surface area is 144 Å². The van der Waals surface area contributed by atoms with Crippen LogP contribution in [0, 0.1) is 5.92 Å². The summed E-state index contributed by atoms with van der Waals surface area (Å²) in [5.41, 5.74) is 0.674. The number of carbonyl (C=O) groups excluding carboxylic acids is 1. The highest BCUT2D eigenvalue weighted by molar-refractivity contribution is 5.94. The molecule has 1 amide bonds. The van der Waals surface area contributed by atoms with Gasteiger partial charge in [0.2, 0.25) is 0 Å². The molecule has 6 heteroatoms. The third-order valence-corrected chi connectivity index (χ3v) is 3.83. The zero-order valence-electron chi connectivity index (χ0n) is 13.7. The number of benzene rings is 1. The predicted molar refractivity (Wildman–Crippen MR) is 93.6 cm³/mol. The predicted octanol–water partition coefficient (Wildman–Crippen LogP) is 2.25. The van der Waals surface area contributed by atoms with Gasteiger partial charge in [-0.1, -0.05) is 0 Å². The van der Waals surface area contributed by atoms with Gasteiger partial charge in [0.05, 0.1) is 6.61 Å². The van der Waals surface area contributed by atoms with Crippen molar-refractivity contribution >= 4 is 18.3 Å². The zero-order valence-corrected chi connectivity index (χ0v) is 14.5. The number of halogens is 1. The highest BCUT2D eigenvalue weighted by atomic mass is 35.5. The summed E-state index contributed by atoms with van der Waals surface area (Å²) in [6, 6.07) is 7.29. The van der Waals surface area contributed by atoms with Crippen molar-refractivity contribution in [3.63, 3.8) is 0 Å². The summed E-state index contributed by atoms with van der Waals surface area (Å²) in [6.45, 7) is 4.14. The molecule has 1 aromatic carbocycles. The van der Waals surface area contributed by atoms with E-state index < -0.39 is 0 Å². The Kier molecular flexibility index (Phi) is 9.67. The van der Waals surface area contributed by atoms with Gasteiger partial charge >= 0.3 is 0 Å². The van der Waals surface area contributed by atoms with Crippen LogP contribution >= 0.6 is 12.4 Å². The summed E-state index contributed by atoms with van der Waals surface area (Å²) < 4.78 is 10.5. The SMILES string of the molecule is COCCCOc1ccc(C(=O)NCC2CCCNC2)cc1.Cl. The normalized spacial score (nSPS) is 17.2. The van der Waals surface area contributed by atoms with Crippen molar-refractivity contribution in [3.05, 3.63) is 29.8 Å². The molecule has 23 heavy (non-hydrogen) atoms. The molecule has 1 aromatic rings. The van der Waals surface area contributed by atoms with Crippen LogP contribution in [0.4, 0.5) is 0 Å². The fourth-order valence-corrected chi connectivity index (χ4v) is 2.53. The summed E-state index contributed by atoms with van der Waals surface area (Å²) in [6.07, 6.45) is 3.23. The van der Waals surface area contributed by atoms with Crippen molar-refractivity contribution < 1.29 is 14.3 Å². The van der Waals surface area contributed by atoms with E-state index in [9.17, 15) is 4.79 Å². The van der Waals surface area contributed by atoms with Gasteiger partial charge in [-0.25, -0.2) is 0 Å². The smallest absolute Gasteiger partial charge is 0.251 e. The Morgan fingerprint density at radius 2 is 2.09 bits per heavy atom. The van der Waals surface area contributed by atoms with Crippen LogP contribution < -0.4 is 15.4 Å². The van der Waals surface area contributed by atoms with Gasteiger partial charge in [-0.05, 0) is 56.1 Å². The number of piperidine rings is 1. The molecule has 1 heterocycles. The molecule has 1 atom stereocenters. The number of amides is 1. The van der Waals surface area contributed by atoms with Gasteiger partial charge < -0.3 is 20.1 Å². The lowest BCUT2D eigenvalue weighted by atomic mass is 10.00. The van der Waals surface area contributed by atoms with Crippen LogP contribution in [0.3, 0.4) is 0 Å². The van der Waals surface area contributed by atoms with Crippen molar-refractivity contribution in [2.45, 2.75) is 19.3 Å². The first kappa shape index (κ1) is 19.7. The molecular formula is C17H27ClN2O3. The lowest BCUT2D eigenvalue weighted by Crippen LogP contribution is -2.38. The maximum absolute atomic E-state index is 12.1. The maximum atomic E-state index is 12.1. The van der Waals surface area contributed by atoms with Crippen LogP contribution in [0.1, 0.15) is 29.6 Å². The summed E-state index contributed by atoms with van der Waals surface area (Å²) in [7, 11) is 1.68. The molecule has 0 aromatic heterocycles. The molecule has 1 unspecified atom stereocenters. The van der Waals surface area contributed by atoms with Crippen LogP contribution in [0.25, 0.3) is 0 Å². The van der Waals surface area contributed by atoms with E-state index in [1.807, 2.05) is 12.1 Å². The van der Waals surface area contributed by atoms with Gasteiger partial charge in [-0.15, -0.1) is 12.4 Å². The zero-order chi connectivity index (χ0) is 15.6. The van der Waals surface area contributed by atoms with Gasteiger partial charge in [0, 0.05) is 32.2 Å². The second kappa shape index (κ2) is 11.3. The number of nitrogens with one attached hydrogen (secondary N) is 2. The quantitative estimate of drug-likeness (QED) is 0.711. The summed E-state index contributed by atoms with van der Waals surface area (Å²) in [4.78, 5) is 12.1. The van der Waals surface area contributed by atoms with Crippen LogP contribution in [0.5, 0.6) is 5.75 Å². The minimum atomic E-state index is -0.0171. The highest BCUT2D eigenvalue weighted by Gasteiger charge is 2.14. The molecule has 2 rings (SSSR count). The van der Waals surface area contributed by atoms with Crippen molar-refractivity contribution in [2.24, 2.45) is 5.92 Å². The monoisotopic (exact) mass is 342 g/mol. The number of carbonyl (C=O) groups is 1. The van der Waals surface area contributed by atoms with Crippen LogP contribution in [0.15, 0.2) is 24.3 Å². The standard InChI is InChI=1S/C17H26N2O3.ClH/c1-21-10-3-11-22-16-7-5-15(6-8-16)17(20)19-13-14-4-2-9-18-12-14;/h5-8,14,18H,2-4,9-13H2,1H3,(H,19,20);1H. The van der Waals surface area contributed by atoms with Gasteiger partial charge in [-0.3, -0.25) is 4.79 Å². The second-order valence-electron chi connectivity index (χ2n) is 5.64. The molecule has 0 spiro atoms. The lowest BCUT2D eigenvalue weighted by Gasteiger charge is -2.22. The fourth-order valence-electron chi connectivity index (χ4n) is 2.53. The van der Waals surface area contributed by atoms with E-state index in [4.69, 9.17) is 9.47 Å². The molecule has 0 aliphatic carbocycles. The Bertz CT molecular complexity index is 448. The summed E-state index contributed by atoms with van der Waals surface area (Å²) in [5.74, 6) is 1.31. The minimum Gasteiger partial charge on any atom is -0.494 e. The minimum absolute atomic E-state index is 0. The van der Waals surface area contributed by atoms with E-state index in [1.165, 1.54) is 12.8 Å². The number of ether oxygens (including phenoxy) is 2. The van der Waals surface area contributed by atoms with Gasteiger partial charge in [0.15, 0.2) is 0 Å². The van der Waals surface area contributed by atoms with Crippen molar-refractivity contribution in [1.82, 2.24) is 10.6 Å². The Balaban J connectivity index is 0.00000264. The highest BCUT2D eigenvalue weighted by Crippen LogP contribution is 2.13. The third-order valence-electron chi connectivity index (χ3n) is 3.83. The topological polar surface area (TPSA) is 59.6 Å². The van der Waals surface area contributed by atoms with E-state index >= 15 is 0 Å². The average molecular weight is 343 g/mol. The molecule has 0 saturated carbocycles. The second-order valence-corrected chi connectivity index (χ2v) is 5.64. The Morgan fingerprint density at radius 3 is 2.74 bits per heavy atom. The molecule has 1 fully saturated rings. The third kappa shape index (κ3) is 7.20. The van der Waals surface area contributed by atoms with Crippen molar-refractivity contribution in [2.75, 3.05) is 40.0 Å². The van der Waals surface area contributed by atoms with E-state index in [0.29, 0.717) is 24.7 Å². The van der Waals surface area contributed by atoms with Crippen LogP contribution in [-0.2, 0) is 4.74 Å². The number of hydrogen-bond acceptors (Lipinski definition) is 4. The summed E-state index contributed by atoms with van der Waals surface area (Å²) in [5, 5.41) is 6.37. The van der Waals surface area contributed by atoms with Crippen molar-refractivity contribution in [1.29, 1.82) is 0 Å². The van der Waals surface area contributed by atoms with E-state index in [1.54, 1.807) is 19.2 Å². The fraction of sp³-hybridized carbons (Fsp3) is 0.588. The van der Waals surface area contributed by atoms with E-state index in [0.717, 1.165) is 31.8 Å². The molecule has 5 nitrogen and oxygen atoms in total. The molecule has 1 aliphatic rings. The lowest BCUT2D eigenvalue weighted by molar-refractivity contribution is 0.0945. The first-order valence-corrected chi connectivity index (χ1v) is 8.00. The maximum Gasteiger partial charge on any atom is 0.251 e. The molecule has 1 aliphatic heterocycles. The van der Waals surface area contributed by atoms with Gasteiger partial charge in [-0.2, -0.15) is 0 Å². The number of hydrogen-bond donors (Lipinski definition) is 2. The Hall–Kier alpha value is -1.30. The molecule has 0 bridgehead atoms. The largest absolute Gasteiger partial charge is 0.494 e. The molecule has 0 radical (unpaired) electrons. The Morgan fingerprint density at radius 1 is 1.30 bits per heavy atom. The molecule has 130 valence electrons. The van der Waals surface area contributed by atoms with E-state index in [2.05, 4.69) is 10.6 Å². The molecular weight excluding hydrogens is 316 g/mol. The van der Waals surface area contributed by atoms with E-state index in [-0.39, 0.29) is 18.3 Å². The number of methoxy groups -OCH3 is 1. The molecule has 1 saturated heterocycles. The van der Waals surface area contributed by atoms with Gasteiger partial charge in [0.1, 0.15) is 5.75 Å². The van der Waals surface area contributed by atoms with Crippen LogP contribution in [-0.4, -0.2) is 45.9 Å². The average Bonchev–Trinajstić information content (AvgIpc) is 2.58. The van der Waals surface area contributed by atoms with Gasteiger partial charge in [0.25, 0.3) is 5.91 Å². The first-order valence-electron chi connectivity index (χ1n) is 8.00. The van der Waals surface area contributed by atoms with Crippen molar-refractivity contribution in [3.8, 4) is 5.75 Å². The molecule has 2 N–H and O–H groups in total. The first-order chi connectivity index (χ1) is 10.8. The number of rotatable bonds is 8.